The average molecular weight is 302 g/mol. The lowest BCUT2D eigenvalue weighted by atomic mass is 10.1. The lowest BCUT2D eigenvalue weighted by molar-refractivity contribution is -0.129. The fourth-order valence-electron chi connectivity index (χ4n) is 2.83. The highest BCUT2D eigenvalue weighted by Crippen LogP contribution is 2.23. The first-order valence-electron chi connectivity index (χ1n) is 7.57. The molecule has 2 rings (SSSR count). The number of ether oxygens (including phenoxy) is 1. The third kappa shape index (κ3) is 4.15. The number of azide groups is 1. The first kappa shape index (κ1) is 16.2. The maximum absolute atomic E-state index is 12.1. The van der Waals surface area contributed by atoms with E-state index in [-0.39, 0.29) is 17.9 Å². The van der Waals surface area contributed by atoms with Crippen molar-refractivity contribution in [2.45, 2.75) is 32.2 Å². The Morgan fingerprint density at radius 2 is 2.18 bits per heavy atom. The predicted octanol–water partition coefficient (Wildman–Crippen LogP) is 3.18. The van der Waals surface area contributed by atoms with Gasteiger partial charge in [0.25, 0.3) is 0 Å². The minimum Gasteiger partial charge on any atom is -0.497 e. The monoisotopic (exact) mass is 302 g/mol. The predicted molar refractivity (Wildman–Crippen MR) is 84.6 cm³/mol. The highest BCUT2D eigenvalue weighted by molar-refractivity contribution is 5.79. The van der Waals surface area contributed by atoms with Gasteiger partial charge < -0.3 is 9.64 Å². The molecule has 1 aliphatic heterocycles. The molecule has 0 N–H and O–H groups in total. The van der Waals surface area contributed by atoms with Gasteiger partial charge in [0.2, 0.25) is 5.91 Å². The molecule has 1 saturated heterocycles. The number of hydrogen-bond acceptors (Lipinski definition) is 3. The molecular formula is C16H22N4O2. The van der Waals surface area contributed by atoms with Gasteiger partial charge in [-0.15, -0.1) is 0 Å². The van der Waals surface area contributed by atoms with Gasteiger partial charge in [0.05, 0.1) is 7.11 Å². The summed E-state index contributed by atoms with van der Waals surface area (Å²) in [4.78, 5) is 16.7. The Morgan fingerprint density at radius 1 is 1.45 bits per heavy atom. The van der Waals surface area contributed by atoms with E-state index in [0.717, 1.165) is 18.6 Å². The van der Waals surface area contributed by atoms with E-state index in [9.17, 15) is 4.79 Å². The van der Waals surface area contributed by atoms with E-state index in [1.165, 1.54) is 5.56 Å². The summed E-state index contributed by atoms with van der Waals surface area (Å²) in [5.41, 5.74) is 9.61. The van der Waals surface area contributed by atoms with Crippen molar-refractivity contribution in [2.75, 3.05) is 20.2 Å². The lowest BCUT2D eigenvalue weighted by Crippen LogP contribution is -2.34. The minimum atomic E-state index is 0.159. The SMILES string of the molecule is COc1ccc(CCC(C)N2CC(CN=[N+]=[N-])CC2=O)cc1. The van der Waals surface area contributed by atoms with E-state index in [2.05, 4.69) is 29.1 Å². The van der Waals surface area contributed by atoms with E-state index in [1.807, 2.05) is 17.0 Å². The van der Waals surface area contributed by atoms with Crippen LogP contribution in [0.1, 0.15) is 25.3 Å². The molecule has 0 bridgehead atoms. The van der Waals surface area contributed by atoms with Crippen molar-refractivity contribution in [1.82, 2.24) is 4.90 Å². The Kier molecular flexibility index (Phi) is 5.67. The summed E-state index contributed by atoms with van der Waals surface area (Å²) in [5.74, 6) is 1.18. The zero-order chi connectivity index (χ0) is 15.9. The van der Waals surface area contributed by atoms with Gasteiger partial charge in [0.1, 0.15) is 5.75 Å². The molecule has 0 aromatic heterocycles. The van der Waals surface area contributed by atoms with Crippen LogP contribution in [0.2, 0.25) is 0 Å². The molecule has 1 heterocycles. The summed E-state index contributed by atoms with van der Waals surface area (Å²) in [6, 6.07) is 8.22. The molecule has 22 heavy (non-hydrogen) atoms. The third-order valence-corrected chi connectivity index (χ3v) is 4.18. The van der Waals surface area contributed by atoms with Gasteiger partial charge in [0, 0.05) is 30.5 Å². The highest BCUT2D eigenvalue weighted by Gasteiger charge is 2.31. The average Bonchev–Trinajstić information content (AvgIpc) is 2.92. The maximum Gasteiger partial charge on any atom is 0.223 e. The van der Waals surface area contributed by atoms with Crippen molar-refractivity contribution in [3.8, 4) is 5.75 Å². The highest BCUT2D eigenvalue weighted by atomic mass is 16.5. The fourth-order valence-corrected chi connectivity index (χ4v) is 2.83. The van der Waals surface area contributed by atoms with Crippen LogP contribution in [-0.4, -0.2) is 37.0 Å². The number of rotatable bonds is 7. The molecule has 2 atom stereocenters. The Morgan fingerprint density at radius 3 is 2.82 bits per heavy atom. The smallest absolute Gasteiger partial charge is 0.223 e. The van der Waals surface area contributed by atoms with E-state index in [4.69, 9.17) is 10.3 Å². The molecule has 0 spiro atoms. The van der Waals surface area contributed by atoms with E-state index < -0.39 is 0 Å². The summed E-state index contributed by atoms with van der Waals surface area (Å²) in [5, 5.41) is 3.58. The van der Waals surface area contributed by atoms with E-state index >= 15 is 0 Å². The van der Waals surface area contributed by atoms with Gasteiger partial charge in [0.15, 0.2) is 0 Å². The normalized spacial score (nSPS) is 18.9. The molecule has 1 fully saturated rings. The standard InChI is InChI=1S/C16H22N4O2/c1-12(3-4-13-5-7-15(22-2)8-6-13)20-11-14(9-16(20)21)10-18-19-17/h5-8,12,14H,3-4,9-11H2,1-2H3. The quantitative estimate of drug-likeness (QED) is 0.440. The van der Waals surface area contributed by atoms with Crippen LogP contribution in [-0.2, 0) is 11.2 Å². The summed E-state index contributed by atoms with van der Waals surface area (Å²) in [6.07, 6.45) is 2.34. The van der Waals surface area contributed by atoms with Crippen LogP contribution in [0.5, 0.6) is 5.75 Å². The number of aryl methyl sites for hydroxylation is 1. The molecule has 2 unspecified atom stereocenters. The molecule has 1 amide bonds. The van der Waals surface area contributed by atoms with Gasteiger partial charge in [-0.2, -0.15) is 0 Å². The molecule has 118 valence electrons. The zero-order valence-corrected chi connectivity index (χ0v) is 13.1. The largest absolute Gasteiger partial charge is 0.497 e. The number of hydrogen-bond donors (Lipinski definition) is 0. The van der Waals surface area contributed by atoms with Crippen LogP contribution in [0.4, 0.5) is 0 Å². The Hall–Kier alpha value is -2.20. The Bertz CT molecular complexity index is 552. The van der Waals surface area contributed by atoms with Gasteiger partial charge in [-0.1, -0.05) is 17.2 Å². The van der Waals surface area contributed by atoms with Crippen molar-refractivity contribution in [2.24, 2.45) is 11.0 Å². The van der Waals surface area contributed by atoms with Crippen molar-refractivity contribution in [3.63, 3.8) is 0 Å². The second-order valence-electron chi connectivity index (χ2n) is 5.77. The molecule has 1 aliphatic rings. The van der Waals surface area contributed by atoms with Gasteiger partial charge in [-0.05, 0) is 48.9 Å². The minimum absolute atomic E-state index is 0.159. The molecular weight excluding hydrogens is 280 g/mol. The van der Waals surface area contributed by atoms with Crippen molar-refractivity contribution < 1.29 is 9.53 Å². The number of carbonyl (C=O) groups is 1. The first-order chi connectivity index (χ1) is 10.6. The topological polar surface area (TPSA) is 78.3 Å². The van der Waals surface area contributed by atoms with Crippen LogP contribution in [0.25, 0.3) is 10.4 Å². The van der Waals surface area contributed by atoms with Crippen molar-refractivity contribution in [1.29, 1.82) is 0 Å². The number of methoxy groups -OCH3 is 1. The molecule has 0 radical (unpaired) electrons. The number of amides is 1. The van der Waals surface area contributed by atoms with Gasteiger partial charge >= 0.3 is 0 Å². The van der Waals surface area contributed by atoms with Crippen LogP contribution in [0, 0.1) is 5.92 Å². The lowest BCUT2D eigenvalue weighted by Gasteiger charge is -2.25. The van der Waals surface area contributed by atoms with Gasteiger partial charge in [-0.25, -0.2) is 0 Å². The van der Waals surface area contributed by atoms with Crippen LogP contribution in [0.3, 0.4) is 0 Å². The molecule has 6 heteroatoms. The molecule has 1 aromatic rings. The van der Waals surface area contributed by atoms with E-state index in [0.29, 0.717) is 19.5 Å². The summed E-state index contributed by atoms with van der Waals surface area (Å²) >= 11 is 0. The molecule has 0 aliphatic carbocycles. The van der Waals surface area contributed by atoms with Crippen molar-refractivity contribution in [3.05, 3.63) is 40.3 Å². The number of carbonyl (C=O) groups excluding carboxylic acids is 1. The second kappa shape index (κ2) is 7.71. The first-order valence-corrected chi connectivity index (χ1v) is 7.57. The Balaban J connectivity index is 1.84. The number of likely N-dealkylation sites (tertiary alicyclic amines) is 1. The summed E-state index contributed by atoms with van der Waals surface area (Å²) in [6.45, 7) is 3.18. The third-order valence-electron chi connectivity index (χ3n) is 4.18. The van der Waals surface area contributed by atoms with Crippen LogP contribution < -0.4 is 4.74 Å². The second-order valence-corrected chi connectivity index (χ2v) is 5.77. The number of benzene rings is 1. The fraction of sp³-hybridized carbons (Fsp3) is 0.562. The molecule has 1 aromatic carbocycles. The summed E-state index contributed by atoms with van der Waals surface area (Å²) < 4.78 is 5.15. The number of nitrogens with zero attached hydrogens (tertiary/aromatic N) is 4. The van der Waals surface area contributed by atoms with Crippen LogP contribution >= 0.6 is 0 Å². The summed E-state index contributed by atoms with van der Waals surface area (Å²) in [7, 11) is 1.66. The Labute approximate surface area is 130 Å². The van der Waals surface area contributed by atoms with Crippen molar-refractivity contribution >= 4 is 5.91 Å². The van der Waals surface area contributed by atoms with Gasteiger partial charge in [-0.3, -0.25) is 4.79 Å². The van der Waals surface area contributed by atoms with E-state index in [1.54, 1.807) is 7.11 Å². The maximum atomic E-state index is 12.1. The molecule has 6 nitrogen and oxygen atoms in total. The zero-order valence-electron chi connectivity index (χ0n) is 13.1. The van der Waals surface area contributed by atoms with Crippen LogP contribution in [0.15, 0.2) is 29.4 Å². The molecule has 0 saturated carbocycles.